The van der Waals surface area contributed by atoms with Crippen molar-refractivity contribution in [2.75, 3.05) is 16.8 Å². The number of rotatable bonds is 15. The molecule has 2 N–H and O–H groups in total. The summed E-state index contributed by atoms with van der Waals surface area (Å²) in [5, 5.41) is 34.3. The molecule has 1 unspecified atom stereocenters. The van der Waals surface area contributed by atoms with Gasteiger partial charge in [-0.2, -0.15) is 11.8 Å². The van der Waals surface area contributed by atoms with E-state index in [4.69, 9.17) is 0 Å². The second-order valence-corrected chi connectivity index (χ2v) is 9.32. The third-order valence-electron chi connectivity index (χ3n) is 4.97. The topological polar surface area (TPSA) is 136 Å². The summed E-state index contributed by atoms with van der Waals surface area (Å²) in [5.74, 6) is -0.367. The first kappa shape index (κ1) is 28.9. The Kier molecular flexibility index (Phi) is 12.7. The first-order valence-corrected chi connectivity index (χ1v) is 12.1. The number of benzene rings is 1. The molecule has 1 aromatic carbocycles. The number of aliphatic carboxylic acids is 1. The van der Waals surface area contributed by atoms with Gasteiger partial charge in [-0.1, -0.05) is 34.9 Å². The third kappa shape index (κ3) is 11.1. The molecule has 0 aromatic heterocycles. The Labute approximate surface area is 204 Å². The number of carboxylic acid groups (broad SMARTS) is 1. The summed E-state index contributed by atoms with van der Waals surface area (Å²) in [6.07, 6.45) is 10.5. The fourth-order valence-corrected chi connectivity index (χ4v) is 4.00. The lowest BCUT2D eigenvalue weighted by Crippen LogP contribution is -2.32. The van der Waals surface area contributed by atoms with E-state index in [0.717, 1.165) is 43.9 Å². The Morgan fingerprint density at radius 3 is 2.21 bits per heavy atom. The second kappa shape index (κ2) is 14.9. The number of thioether (sulfide) groups is 1. The fraction of sp³-hybridized carbons (Fsp3) is 0.458. The van der Waals surface area contributed by atoms with E-state index >= 15 is 0 Å². The van der Waals surface area contributed by atoms with Gasteiger partial charge < -0.3 is 10.4 Å². The molecule has 1 rings (SSSR count). The zero-order valence-electron chi connectivity index (χ0n) is 20.1. The molecule has 0 amide bonds. The Bertz CT molecular complexity index is 967. The molecular weight excluding hydrogens is 458 g/mol. The summed E-state index contributed by atoms with van der Waals surface area (Å²) in [6.45, 7) is 8.38. The molecule has 0 aliphatic rings. The maximum absolute atomic E-state index is 11.6. The minimum absolute atomic E-state index is 0.0675. The maximum Gasteiger partial charge on any atom is 0.326 e. The fourth-order valence-electron chi connectivity index (χ4n) is 3.00. The van der Waals surface area contributed by atoms with E-state index in [2.05, 4.69) is 44.3 Å². The normalized spacial score (nSPS) is 12.7. The number of nitro groups is 2. The summed E-state index contributed by atoms with van der Waals surface area (Å²) in [6, 6.07) is 2.00. The monoisotopic (exact) mass is 491 g/mol. The Morgan fingerprint density at radius 1 is 1.03 bits per heavy atom. The molecule has 0 saturated carbocycles. The number of nitro benzene ring substituents is 2. The second-order valence-electron chi connectivity index (χ2n) is 8.25. The zero-order valence-corrected chi connectivity index (χ0v) is 20.9. The van der Waals surface area contributed by atoms with Crippen LogP contribution in [0.25, 0.3) is 0 Å². The lowest BCUT2D eigenvalue weighted by Gasteiger charge is -2.15. The molecule has 186 valence electrons. The average Bonchev–Trinajstić information content (AvgIpc) is 2.75. The molecule has 34 heavy (non-hydrogen) atoms. The van der Waals surface area contributed by atoms with E-state index in [1.807, 2.05) is 6.92 Å². The van der Waals surface area contributed by atoms with Crippen molar-refractivity contribution in [1.29, 1.82) is 0 Å². The summed E-state index contributed by atoms with van der Waals surface area (Å²) >= 11 is 1.39. The van der Waals surface area contributed by atoms with Gasteiger partial charge in [-0.15, -0.1) is 0 Å². The van der Waals surface area contributed by atoms with Gasteiger partial charge in [0.25, 0.3) is 11.4 Å². The van der Waals surface area contributed by atoms with Gasteiger partial charge >= 0.3 is 5.97 Å². The van der Waals surface area contributed by atoms with Crippen molar-refractivity contribution >= 4 is 34.8 Å². The van der Waals surface area contributed by atoms with Gasteiger partial charge in [0, 0.05) is 17.6 Å². The molecule has 0 radical (unpaired) electrons. The Morgan fingerprint density at radius 2 is 1.65 bits per heavy atom. The van der Waals surface area contributed by atoms with Crippen LogP contribution in [0.3, 0.4) is 0 Å². The molecule has 0 saturated heterocycles. The van der Waals surface area contributed by atoms with Crippen molar-refractivity contribution in [3.63, 3.8) is 0 Å². The number of carbonyl (C=O) groups is 1. The average molecular weight is 492 g/mol. The van der Waals surface area contributed by atoms with Crippen LogP contribution in [-0.4, -0.2) is 38.5 Å². The van der Waals surface area contributed by atoms with Gasteiger partial charge in [0.05, 0.1) is 15.9 Å². The highest BCUT2D eigenvalue weighted by Crippen LogP contribution is 2.29. The number of carboxylic acids is 1. The SMILES string of the molecule is CC(C)=CCC/C(C)=C/CC/C(C)=C/CSCC(Nc1ccc([N+](=O)[O-])cc1[N+](=O)[O-])C(=O)O. The molecule has 1 aromatic rings. The molecule has 0 aliphatic carbocycles. The summed E-state index contributed by atoms with van der Waals surface area (Å²) < 4.78 is 0. The number of anilines is 1. The highest BCUT2D eigenvalue weighted by molar-refractivity contribution is 7.99. The summed E-state index contributed by atoms with van der Waals surface area (Å²) in [4.78, 5) is 32.2. The van der Waals surface area contributed by atoms with Crippen LogP contribution in [0.2, 0.25) is 0 Å². The number of hydrogen-bond donors (Lipinski definition) is 2. The maximum atomic E-state index is 11.6. The number of nitrogens with one attached hydrogen (secondary N) is 1. The van der Waals surface area contributed by atoms with E-state index in [0.29, 0.717) is 5.75 Å². The van der Waals surface area contributed by atoms with Crippen molar-refractivity contribution in [3.8, 4) is 0 Å². The van der Waals surface area contributed by atoms with Crippen LogP contribution in [0.4, 0.5) is 17.1 Å². The van der Waals surface area contributed by atoms with Crippen molar-refractivity contribution in [1.82, 2.24) is 0 Å². The van der Waals surface area contributed by atoms with Gasteiger partial charge in [-0.05, 0) is 59.4 Å². The smallest absolute Gasteiger partial charge is 0.326 e. The quantitative estimate of drug-likeness (QED) is 0.122. The van der Waals surface area contributed by atoms with E-state index in [9.17, 15) is 30.1 Å². The first-order valence-electron chi connectivity index (χ1n) is 11.0. The minimum Gasteiger partial charge on any atom is -0.480 e. The highest BCUT2D eigenvalue weighted by atomic mass is 32.2. The van der Waals surface area contributed by atoms with Crippen LogP contribution in [0.15, 0.2) is 53.1 Å². The van der Waals surface area contributed by atoms with E-state index < -0.39 is 33.2 Å². The Hall–Kier alpha value is -3.14. The number of nitrogens with zero attached hydrogens (tertiary/aromatic N) is 2. The number of allylic oxidation sites excluding steroid dienone is 5. The lowest BCUT2D eigenvalue weighted by molar-refractivity contribution is -0.393. The molecule has 0 bridgehead atoms. The summed E-state index contributed by atoms with van der Waals surface area (Å²) in [7, 11) is 0. The molecule has 0 fully saturated rings. The van der Waals surface area contributed by atoms with Crippen molar-refractivity contribution in [2.24, 2.45) is 0 Å². The minimum atomic E-state index is -1.16. The van der Waals surface area contributed by atoms with Crippen LogP contribution in [0.5, 0.6) is 0 Å². The number of non-ortho nitro benzene ring substituents is 1. The van der Waals surface area contributed by atoms with Gasteiger partial charge in [-0.3, -0.25) is 20.2 Å². The zero-order chi connectivity index (χ0) is 25.7. The molecule has 1 atom stereocenters. The molecule has 0 heterocycles. The molecule has 10 heteroatoms. The number of hydrogen-bond acceptors (Lipinski definition) is 7. The predicted octanol–water partition coefficient (Wildman–Crippen LogP) is 6.52. The van der Waals surface area contributed by atoms with Crippen LogP contribution in [-0.2, 0) is 4.79 Å². The lowest BCUT2D eigenvalue weighted by atomic mass is 10.1. The molecule has 0 spiro atoms. The predicted molar refractivity (Wildman–Crippen MR) is 138 cm³/mol. The summed E-state index contributed by atoms with van der Waals surface area (Å²) in [5.41, 5.74) is 2.88. The van der Waals surface area contributed by atoms with Gasteiger partial charge in [0.15, 0.2) is 0 Å². The van der Waals surface area contributed by atoms with Crippen molar-refractivity contribution in [2.45, 2.75) is 59.4 Å². The van der Waals surface area contributed by atoms with E-state index in [-0.39, 0.29) is 11.4 Å². The molecular formula is C24H33N3O6S. The van der Waals surface area contributed by atoms with Crippen LogP contribution in [0.1, 0.15) is 53.4 Å². The van der Waals surface area contributed by atoms with Gasteiger partial charge in [-0.25, -0.2) is 4.79 Å². The molecule has 0 aliphatic heterocycles. The van der Waals surface area contributed by atoms with E-state index in [1.54, 1.807) is 0 Å². The molecule has 9 nitrogen and oxygen atoms in total. The van der Waals surface area contributed by atoms with Crippen LogP contribution in [0, 0.1) is 20.2 Å². The standard InChI is InChI=1S/C24H33N3O6S/c1-17(2)7-5-8-18(3)9-6-10-19(4)13-14-34-16-22(24(28)29)25-21-12-11-20(26(30)31)15-23(21)27(32)33/h7,9,11-13,15,22,25H,5-6,8,10,14,16H2,1-4H3,(H,28,29)/b18-9+,19-13+. The van der Waals surface area contributed by atoms with Crippen LogP contribution < -0.4 is 5.32 Å². The van der Waals surface area contributed by atoms with Gasteiger partial charge in [0.1, 0.15) is 11.7 Å². The van der Waals surface area contributed by atoms with Crippen molar-refractivity contribution < 1.29 is 19.7 Å². The van der Waals surface area contributed by atoms with Crippen LogP contribution >= 0.6 is 11.8 Å². The largest absolute Gasteiger partial charge is 0.480 e. The third-order valence-corrected chi connectivity index (χ3v) is 5.94. The van der Waals surface area contributed by atoms with E-state index in [1.165, 1.54) is 28.5 Å². The Balaban J connectivity index is 2.59. The van der Waals surface area contributed by atoms with Gasteiger partial charge in [0.2, 0.25) is 0 Å². The first-order chi connectivity index (χ1) is 16.0. The van der Waals surface area contributed by atoms with Crippen molar-refractivity contribution in [3.05, 3.63) is 73.4 Å². The highest BCUT2D eigenvalue weighted by Gasteiger charge is 2.24.